The third-order valence-corrected chi connectivity index (χ3v) is 5.14. The van der Waals surface area contributed by atoms with Crippen molar-refractivity contribution < 1.29 is 32.2 Å². The molecule has 0 radical (unpaired) electrons. The number of nitrogens with one attached hydrogen (secondary N) is 1. The van der Waals surface area contributed by atoms with Gasteiger partial charge in [-0.2, -0.15) is 13.2 Å². The second-order valence-electron chi connectivity index (χ2n) is 7.17. The van der Waals surface area contributed by atoms with Crippen molar-refractivity contribution in [3.8, 4) is 17.3 Å². The minimum atomic E-state index is -4.72. The number of amides is 1. The normalized spacial score (nSPS) is 15.1. The van der Waals surface area contributed by atoms with Crippen LogP contribution in [0.2, 0.25) is 0 Å². The van der Waals surface area contributed by atoms with Crippen molar-refractivity contribution in [3.05, 3.63) is 52.7 Å². The van der Waals surface area contributed by atoms with Gasteiger partial charge in [0.1, 0.15) is 0 Å². The van der Waals surface area contributed by atoms with Gasteiger partial charge < -0.3 is 19.5 Å². The third kappa shape index (κ3) is 4.31. The molecule has 1 unspecified atom stereocenters. The van der Waals surface area contributed by atoms with Crippen molar-refractivity contribution in [2.75, 3.05) is 26.6 Å². The Morgan fingerprint density at radius 1 is 1.15 bits per heavy atom. The maximum atomic E-state index is 13.7. The fraction of sp³-hybridized carbons (Fsp3) is 0.273. The number of carbonyl (C=O) groups is 1. The molecule has 9 nitrogen and oxygen atoms in total. The lowest BCUT2D eigenvalue weighted by Crippen LogP contribution is -2.35. The van der Waals surface area contributed by atoms with Gasteiger partial charge in [-0.05, 0) is 24.6 Å². The molecule has 0 saturated carbocycles. The summed E-state index contributed by atoms with van der Waals surface area (Å²) in [4.78, 5) is 24.6. The van der Waals surface area contributed by atoms with Gasteiger partial charge in [-0.25, -0.2) is 15.0 Å². The average molecular weight is 475 g/mol. The van der Waals surface area contributed by atoms with Crippen LogP contribution in [0.3, 0.4) is 0 Å². The van der Waals surface area contributed by atoms with E-state index in [2.05, 4.69) is 20.3 Å². The number of benzene rings is 1. The van der Waals surface area contributed by atoms with E-state index in [1.807, 2.05) is 0 Å². The van der Waals surface area contributed by atoms with Crippen LogP contribution < -0.4 is 25.5 Å². The van der Waals surface area contributed by atoms with E-state index in [0.29, 0.717) is 12.2 Å². The molecule has 0 aliphatic heterocycles. The van der Waals surface area contributed by atoms with Crippen molar-refractivity contribution in [1.82, 2.24) is 19.5 Å². The van der Waals surface area contributed by atoms with Crippen LogP contribution in [0.25, 0.3) is 18.0 Å². The molecule has 2 aromatic heterocycles. The standard InChI is InChI=1S/C22H20F3N5O4/c1-32-12-7-8-15-14(9-12)28-21(22(23,24)25)30(15)18-11-26-17(10-27-18)29-20(31)13-5-4-6-16(33-2)19(13)34-3/h4-6,8-12H,7H2,1-3H3,(H,26,29,31). The smallest absolute Gasteiger partial charge is 0.450 e. The molecule has 178 valence electrons. The molecule has 4 rings (SSSR count). The molecule has 0 spiro atoms. The summed E-state index contributed by atoms with van der Waals surface area (Å²) < 4.78 is 57.6. The second kappa shape index (κ2) is 9.14. The Morgan fingerprint density at radius 2 is 1.94 bits per heavy atom. The Bertz CT molecular complexity index is 1340. The van der Waals surface area contributed by atoms with Crippen LogP contribution in [-0.4, -0.2) is 52.9 Å². The Balaban J connectivity index is 1.67. The molecule has 12 heteroatoms. The van der Waals surface area contributed by atoms with Gasteiger partial charge in [-0.3, -0.25) is 9.36 Å². The number of anilines is 1. The van der Waals surface area contributed by atoms with E-state index in [0.717, 1.165) is 17.0 Å². The molecule has 1 aliphatic carbocycles. The number of rotatable bonds is 6. The number of para-hydroxylation sites is 1. The Labute approximate surface area is 191 Å². The van der Waals surface area contributed by atoms with Crippen LogP contribution >= 0.6 is 0 Å². The lowest BCUT2D eigenvalue weighted by atomic mass is 10.1. The summed E-state index contributed by atoms with van der Waals surface area (Å²) in [5, 5.41) is 2.94. The average Bonchev–Trinajstić information content (AvgIpc) is 3.23. The first kappa shape index (κ1) is 23.2. The second-order valence-corrected chi connectivity index (χ2v) is 7.17. The van der Waals surface area contributed by atoms with Crippen LogP contribution in [0.5, 0.6) is 11.5 Å². The highest BCUT2D eigenvalue weighted by molar-refractivity contribution is 6.06. The Hall–Kier alpha value is -3.93. The van der Waals surface area contributed by atoms with E-state index in [9.17, 15) is 18.0 Å². The van der Waals surface area contributed by atoms with E-state index in [4.69, 9.17) is 14.2 Å². The molecule has 1 atom stereocenters. The van der Waals surface area contributed by atoms with E-state index in [1.165, 1.54) is 33.5 Å². The highest BCUT2D eigenvalue weighted by Crippen LogP contribution is 2.31. The maximum Gasteiger partial charge on any atom is 0.450 e. The molecule has 1 N–H and O–H groups in total. The molecule has 3 aromatic rings. The number of aromatic nitrogens is 4. The zero-order valence-electron chi connectivity index (χ0n) is 18.4. The fourth-order valence-electron chi connectivity index (χ4n) is 3.58. The van der Waals surface area contributed by atoms with E-state index >= 15 is 0 Å². The summed E-state index contributed by atoms with van der Waals surface area (Å²) in [6.45, 7) is 0. The predicted octanol–water partition coefficient (Wildman–Crippen LogP) is 1.93. The lowest BCUT2D eigenvalue weighted by Gasteiger charge is -2.13. The number of halogens is 3. The number of methoxy groups -OCH3 is 3. The fourth-order valence-corrected chi connectivity index (χ4v) is 3.58. The van der Waals surface area contributed by atoms with Crippen molar-refractivity contribution in [3.63, 3.8) is 0 Å². The minimum absolute atomic E-state index is 0.0381. The van der Waals surface area contributed by atoms with E-state index in [-0.39, 0.29) is 39.8 Å². The van der Waals surface area contributed by atoms with Crippen molar-refractivity contribution in [2.24, 2.45) is 0 Å². The number of alkyl halides is 3. The highest BCUT2D eigenvalue weighted by atomic mass is 19.4. The summed E-state index contributed by atoms with van der Waals surface area (Å²) in [7, 11) is 4.32. The van der Waals surface area contributed by atoms with Crippen molar-refractivity contribution >= 4 is 23.9 Å². The van der Waals surface area contributed by atoms with Crippen LogP contribution in [-0.2, 0) is 10.9 Å². The Morgan fingerprint density at radius 3 is 2.56 bits per heavy atom. The summed E-state index contributed by atoms with van der Waals surface area (Å²) in [6.07, 6.45) is 0.732. The molecule has 0 bridgehead atoms. The van der Waals surface area contributed by atoms with Crippen molar-refractivity contribution in [2.45, 2.75) is 18.7 Å². The van der Waals surface area contributed by atoms with E-state index < -0.39 is 17.9 Å². The maximum absolute atomic E-state index is 13.7. The van der Waals surface area contributed by atoms with Gasteiger partial charge in [0.15, 0.2) is 23.1 Å². The number of carbonyl (C=O) groups excluding carboxylic acids is 1. The quantitative estimate of drug-likeness (QED) is 0.582. The number of imidazole rings is 1. The van der Waals surface area contributed by atoms with Gasteiger partial charge >= 0.3 is 6.18 Å². The highest BCUT2D eigenvalue weighted by Gasteiger charge is 2.38. The molecule has 34 heavy (non-hydrogen) atoms. The topological polar surface area (TPSA) is 100 Å². The molecule has 0 fully saturated rings. The SMILES string of the molecule is COc1cccc(C(=O)Nc2cnc(-n3c(C(F)(F)F)nc4c3=CCC(OC)C=4)cn2)c1OC. The summed E-state index contributed by atoms with van der Waals surface area (Å²) in [5.74, 6) is -1.15. The molecule has 1 amide bonds. The van der Waals surface area contributed by atoms with Gasteiger partial charge in [0.05, 0.1) is 49.0 Å². The van der Waals surface area contributed by atoms with Crippen LogP contribution in [0, 0.1) is 0 Å². The number of hydrogen-bond donors (Lipinski definition) is 1. The summed E-state index contributed by atoms with van der Waals surface area (Å²) in [5.41, 5.74) is 0.189. The first-order chi connectivity index (χ1) is 16.3. The van der Waals surface area contributed by atoms with Gasteiger partial charge in [-0.1, -0.05) is 12.1 Å². The first-order valence-electron chi connectivity index (χ1n) is 10.0. The minimum Gasteiger partial charge on any atom is -0.493 e. The molecular weight excluding hydrogens is 455 g/mol. The third-order valence-electron chi connectivity index (χ3n) is 5.14. The molecule has 0 saturated heterocycles. The van der Waals surface area contributed by atoms with Gasteiger partial charge in [-0.15, -0.1) is 0 Å². The zero-order valence-corrected chi connectivity index (χ0v) is 18.4. The first-order valence-corrected chi connectivity index (χ1v) is 10.0. The number of nitrogens with zero attached hydrogens (tertiary/aromatic N) is 4. The summed E-state index contributed by atoms with van der Waals surface area (Å²) >= 11 is 0. The van der Waals surface area contributed by atoms with Crippen LogP contribution in [0.1, 0.15) is 22.6 Å². The van der Waals surface area contributed by atoms with Gasteiger partial charge in [0.2, 0.25) is 5.82 Å². The zero-order chi connectivity index (χ0) is 24.5. The largest absolute Gasteiger partial charge is 0.493 e. The van der Waals surface area contributed by atoms with E-state index in [1.54, 1.807) is 18.2 Å². The predicted molar refractivity (Wildman–Crippen MR) is 115 cm³/mol. The monoisotopic (exact) mass is 475 g/mol. The lowest BCUT2D eigenvalue weighted by molar-refractivity contribution is -0.146. The molecule has 2 heterocycles. The number of ether oxygens (including phenoxy) is 3. The van der Waals surface area contributed by atoms with Crippen LogP contribution in [0.4, 0.5) is 19.0 Å². The molecule has 1 aliphatic rings. The number of fused-ring (bicyclic) bond motifs is 1. The van der Waals surface area contributed by atoms with Gasteiger partial charge in [0.25, 0.3) is 5.91 Å². The molecule has 1 aromatic carbocycles. The summed E-state index contributed by atoms with van der Waals surface area (Å²) in [6, 6.07) is 4.79. The van der Waals surface area contributed by atoms with Crippen molar-refractivity contribution in [1.29, 1.82) is 0 Å². The van der Waals surface area contributed by atoms with Gasteiger partial charge in [0, 0.05) is 7.11 Å². The van der Waals surface area contributed by atoms with Crippen LogP contribution in [0.15, 0.2) is 30.6 Å². The Kier molecular flexibility index (Phi) is 6.24. The number of hydrogen-bond acceptors (Lipinski definition) is 7. The molecular formula is C22H20F3N5O4.